The Kier molecular flexibility index (Phi) is 4.18. The van der Waals surface area contributed by atoms with Gasteiger partial charge in [-0.05, 0) is 24.8 Å². The third-order valence-corrected chi connectivity index (χ3v) is 4.58. The number of imidazole rings is 1. The van der Waals surface area contributed by atoms with Gasteiger partial charge in [-0.25, -0.2) is 9.37 Å². The topological polar surface area (TPSA) is 17.8 Å². The Labute approximate surface area is 127 Å². The van der Waals surface area contributed by atoms with Gasteiger partial charge in [-0.15, -0.1) is 11.6 Å². The van der Waals surface area contributed by atoms with E-state index in [2.05, 4.69) is 9.55 Å². The number of aromatic nitrogens is 2. The average molecular weight is 315 g/mol. The molecule has 5 heteroatoms. The molecule has 2 nitrogen and oxygen atoms in total. The molecule has 1 saturated carbocycles. The minimum absolute atomic E-state index is 0.125. The second kappa shape index (κ2) is 5.90. The highest BCUT2D eigenvalue weighted by atomic mass is 35.5. The van der Waals surface area contributed by atoms with Gasteiger partial charge in [0.05, 0.1) is 16.1 Å². The summed E-state index contributed by atoms with van der Waals surface area (Å²) in [5.74, 6) is 1.73. The third kappa shape index (κ3) is 2.66. The number of rotatable bonds is 4. The normalized spacial score (nSPS) is 16.4. The predicted octanol–water partition coefficient (Wildman–Crippen LogP) is 4.80. The first-order chi connectivity index (χ1) is 9.69. The number of hydrogen-bond donors (Lipinski definition) is 0. The maximum atomic E-state index is 13.7. The van der Waals surface area contributed by atoms with E-state index >= 15 is 0 Å². The number of alkyl halides is 1. The molecule has 1 aromatic heterocycles. The van der Waals surface area contributed by atoms with E-state index in [1.165, 1.54) is 31.7 Å². The second-order valence-corrected chi connectivity index (χ2v) is 6.27. The van der Waals surface area contributed by atoms with Gasteiger partial charge in [0, 0.05) is 24.9 Å². The summed E-state index contributed by atoms with van der Waals surface area (Å²) in [6.07, 6.45) is 5.78. The summed E-state index contributed by atoms with van der Waals surface area (Å²) < 4.78 is 15.9. The fraction of sp³-hybridized carbons (Fsp3) is 0.533. The van der Waals surface area contributed by atoms with Crippen LogP contribution in [0.3, 0.4) is 0 Å². The summed E-state index contributed by atoms with van der Waals surface area (Å²) >= 11 is 11.7. The highest BCUT2D eigenvalue weighted by Gasteiger charge is 2.20. The van der Waals surface area contributed by atoms with Crippen LogP contribution in [0.2, 0.25) is 5.02 Å². The van der Waals surface area contributed by atoms with E-state index in [0.717, 1.165) is 23.4 Å². The minimum atomic E-state index is -0.385. The molecule has 1 aliphatic rings. The Hall–Kier alpha value is -0.800. The molecule has 108 valence electrons. The van der Waals surface area contributed by atoms with E-state index in [4.69, 9.17) is 23.2 Å². The summed E-state index contributed by atoms with van der Waals surface area (Å²) in [5.41, 5.74) is 1.59. The van der Waals surface area contributed by atoms with E-state index in [0.29, 0.717) is 18.2 Å². The first-order valence-corrected chi connectivity index (χ1v) is 8.00. The minimum Gasteiger partial charge on any atom is -0.328 e. The fourth-order valence-electron chi connectivity index (χ4n) is 3.10. The van der Waals surface area contributed by atoms with Crippen molar-refractivity contribution in [3.05, 3.63) is 28.8 Å². The molecule has 0 unspecified atom stereocenters. The van der Waals surface area contributed by atoms with Crippen LogP contribution in [0, 0.1) is 11.7 Å². The van der Waals surface area contributed by atoms with Crippen LogP contribution in [0.5, 0.6) is 0 Å². The molecule has 0 atom stereocenters. The second-order valence-electron chi connectivity index (χ2n) is 5.48. The van der Waals surface area contributed by atoms with Gasteiger partial charge in [-0.3, -0.25) is 0 Å². The Bertz CT molecular complexity index is 618. The highest BCUT2D eigenvalue weighted by molar-refractivity contribution is 6.31. The molecule has 0 saturated heterocycles. The number of nitrogens with zero attached hydrogens (tertiary/aromatic N) is 2. The van der Waals surface area contributed by atoms with E-state index < -0.39 is 0 Å². The SMILES string of the molecule is Fc1cc2c(cc1Cl)nc(CCCl)n2CC1CCCC1. The Morgan fingerprint density at radius 1 is 1.30 bits per heavy atom. The molecule has 2 aromatic rings. The zero-order valence-corrected chi connectivity index (χ0v) is 12.7. The zero-order valence-electron chi connectivity index (χ0n) is 11.2. The summed E-state index contributed by atoms with van der Waals surface area (Å²) in [5, 5.41) is 0.125. The van der Waals surface area contributed by atoms with Gasteiger partial charge in [-0.1, -0.05) is 24.4 Å². The lowest BCUT2D eigenvalue weighted by Crippen LogP contribution is -2.11. The van der Waals surface area contributed by atoms with Crippen LogP contribution in [-0.2, 0) is 13.0 Å². The van der Waals surface area contributed by atoms with Crippen LogP contribution in [0.1, 0.15) is 31.5 Å². The lowest BCUT2D eigenvalue weighted by atomic mass is 10.1. The monoisotopic (exact) mass is 314 g/mol. The highest BCUT2D eigenvalue weighted by Crippen LogP contribution is 2.30. The standard InChI is InChI=1S/C15H17Cl2FN2/c16-6-5-15-19-13-7-11(17)12(18)8-14(13)20(15)9-10-3-1-2-4-10/h7-8,10H,1-6,9H2. The van der Waals surface area contributed by atoms with Gasteiger partial charge in [0.2, 0.25) is 0 Å². The van der Waals surface area contributed by atoms with Crippen LogP contribution in [-0.4, -0.2) is 15.4 Å². The zero-order chi connectivity index (χ0) is 14.1. The number of halogens is 3. The molecule has 0 spiro atoms. The average Bonchev–Trinajstić information content (AvgIpc) is 3.02. The maximum absolute atomic E-state index is 13.7. The molecule has 0 N–H and O–H groups in total. The molecule has 0 amide bonds. The number of hydrogen-bond acceptors (Lipinski definition) is 1. The van der Waals surface area contributed by atoms with Gasteiger partial charge in [0.15, 0.2) is 0 Å². The summed E-state index contributed by atoms with van der Waals surface area (Å²) in [6.45, 7) is 0.907. The molecule has 1 aromatic carbocycles. The van der Waals surface area contributed by atoms with Crippen molar-refractivity contribution < 1.29 is 4.39 Å². The van der Waals surface area contributed by atoms with Crippen molar-refractivity contribution in [2.45, 2.75) is 38.6 Å². The summed E-state index contributed by atoms with van der Waals surface area (Å²) in [4.78, 5) is 4.57. The molecule has 1 aliphatic carbocycles. The lowest BCUT2D eigenvalue weighted by Gasteiger charge is -2.14. The van der Waals surface area contributed by atoms with Gasteiger partial charge in [-0.2, -0.15) is 0 Å². The Morgan fingerprint density at radius 3 is 2.75 bits per heavy atom. The van der Waals surface area contributed by atoms with E-state index in [9.17, 15) is 4.39 Å². The van der Waals surface area contributed by atoms with Gasteiger partial charge in [0.1, 0.15) is 11.6 Å². The quantitative estimate of drug-likeness (QED) is 0.741. The molecular formula is C15H17Cl2FN2. The lowest BCUT2D eigenvalue weighted by molar-refractivity contribution is 0.455. The molecule has 20 heavy (non-hydrogen) atoms. The van der Waals surface area contributed by atoms with Crippen LogP contribution in [0.15, 0.2) is 12.1 Å². The van der Waals surface area contributed by atoms with Crippen molar-refractivity contribution >= 4 is 34.2 Å². The molecule has 0 bridgehead atoms. The van der Waals surface area contributed by atoms with Crippen molar-refractivity contribution in [2.75, 3.05) is 5.88 Å². The van der Waals surface area contributed by atoms with Crippen LogP contribution in [0.4, 0.5) is 4.39 Å². The number of aryl methyl sites for hydroxylation is 1. The molecule has 1 fully saturated rings. The number of benzene rings is 1. The van der Waals surface area contributed by atoms with Crippen LogP contribution >= 0.6 is 23.2 Å². The molecule has 0 radical (unpaired) electrons. The van der Waals surface area contributed by atoms with Crippen molar-refractivity contribution in [3.8, 4) is 0 Å². The van der Waals surface area contributed by atoms with Crippen molar-refractivity contribution in [2.24, 2.45) is 5.92 Å². The Balaban J connectivity index is 2.04. The van der Waals surface area contributed by atoms with Crippen molar-refractivity contribution in [3.63, 3.8) is 0 Å². The predicted molar refractivity (Wildman–Crippen MR) is 81.1 cm³/mol. The van der Waals surface area contributed by atoms with E-state index in [-0.39, 0.29) is 10.8 Å². The Morgan fingerprint density at radius 2 is 2.05 bits per heavy atom. The molecule has 3 rings (SSSR count). The fourth-order valence-corrected chi connectivity index (χ4v) is 3.43. The molecule has 0 aliphatic heterocycles. The van der Waals surface area contributed by atoms with Gasteiger partial charge in [0.25, 0.3) is 0 Å². The van der Waals surface area contributed by atoms with Gasteiger partial charge < -0.3 is 4.57 Å². The number of fused-ring (bicyclic) bond motifs is 1. The first kappa shape index (κ1) is 14.2. The first-order valence-electron chi connectivity index (χ1n) is 7.09. The molecule has 1 heterocycles. The molecular weight excluding hydrogens is 298 g/mol. The van der Waals surface area contributed by atoms with Crippen LogP contribution < -0.4 is 0 Å². The third-order valence-electron chi connectivity index (χ3n) is 4.10. The van der Waals surface area contributed by atoms with E-state index in [1.807, 2.05) is 0 Å². The summed E-state index contributed by atoms with van der Waals surface area (Å²) in [6, 6.07) is 3.10. The maximum Gasteiger partial charge on any atom is 0.144 e. The van der Waals surface area contributed by atoms with Crippen molar-refractivity contribution in [1.29, 1.82) is 0 Å². The van der Waals surface area contributed by atoms with Crippen LogP contribution in [0.25, 0.3) is 11.0 Å². The van der Waals surface area contributed by atoms with E-state index in [1.54, 1.807) is 6.07 Å². The van der Waals surface area contributed by atoms with Crippen molar-refractivity contribution in [1.82, 2.24) is 9.55 Å². The summed E-state index contributed by atoms with van der Waals surface area (Å²) in [7, 11) is 0. The largest absolute Gasteiger partial charge is 0.328 e. The van der Waals surface area contributed by atoms with Gasteiger partial charge >= 0.3 is 0 Å². The smallest absolute Gasteiger partial charge is 0.144 e.